The van der Waals surface area contributed by atoms with Crippen LogP contribution in [0, 0.1) is 5.92 Å². The zero-order chi connectivity index (χ0) is 14.8. The van der Waals surface area contributed by atoms with Crippen LogP contribution in [0.3, 0.4) is 0 Å². The number of aromatic nitrogens is 2. The minimum Gasteiger partial charge on any atom is -0.348 e. The minimum atomic E-state index is -0.161. The van der Waals surface area contributed by atoms with Gasteiger partial charge in [-0.25, -0.2) is 0 Å². The largest absolute Gasteiger partial charge is 0.348 e. The van der Waals surface area contributed by atoms with E-state index in [1.165, 1.54) is 6.42 Å². The fraction of sp³-hybridized carbons (Fsp3) is 0.667. The molecule has 1 heterocycles. The smallest absolute Gasteiger partial charge is 0.272 e. The van der Waals surface area contributed by atoms with Gasteiger partial charge in [0.05, 0.1) is 0 Å². The van der Waals surface area contributed by atoms with E-state index in [4.69, 9.17) is 0 Å². The van der Waals surface area contributed by atoms with Crippen molar-refractivity contribution in [3.63, 3.8) is 0 Å². The molecule has 2 amide bonds. The number of carbonyl (C=O) groups is 2. The average molecular weight is 290 g/mol. The van der Waals surface area contributed by atoms with E-state index < -0.39 is 0 Å². The highest BCUT2D eigenvalue weighted by molar-refractivity contribution is 5.96. The lowest BCUT2D eigenvalue weighted by atomic mass is 9.89. The Kier molecular flexibility index (Phi) is 3.94. The fourth-order valence-corrected chi connectivity index (χ4v) is 2.78. The summed E-state index contributed by atoms with van der Waals surface area (Å²) in [5, 5.41) is 9.99. The van der Waals surface area contributed by atoms with Crippen LogP contribution in [0.2, 0.25) is 0 Å². The molecule has 1 aromatic heterocycles. The Labute approximate surface area is 124 Å². The SMILES string of the molecule is Cn1nc(C(=O)NC2CC2)cc1NC(=O)C1CCCCC1. The topological polar surface area (TPSA) is 76.0 Å². The van der Waals surface area contributed by atoms with E-state index in [-0.39, 0.29) is 17.7 Å². The zero-order valence-corrected chi connectivity index (χ0v) is 12.4. The lowest BCUT2D eigenvalue weighted by Gasteiger charge is -2.20. The maximum Gasteiger partial charge on any atom is 0.272 e. The molecule has 6 heteroatoms. The second kappa shape index (κ2) is 5.87. The van der Waals surface area contributed by atoms with Crippen molar-refractivity contribution in [2.75, 3.05) is 5.32 Å². The predicted octanol–water partition coefficient (Wildman–Crippen LogP) is 1.83. The number of amides is 2. The van der Waals surface area contributed by atoms with Crippen LogP contribution < -0.4 is 10.6 Å². The van der Waals surface area contributed by atoms with Crippen LogP contribution in [0.25, 0.3) is 0 Å². The van der Waals surface area contributed by atoms with Gasteiger partial charge in [-0.15, -0.1) is 0 Å². The number of carbonyl (C=O) groups excluding carboxylic acids is 2. The maximum absolute atomic E-state index is 12.2. The van der Waals surface area contributed by atoms with Crippen LogP contribution in [0.1, 0.15) is 55.4 Å². The summed E-state index contributed by atoms with van der Waals surface area (Å²) in [4.78, 5) is 24.2. The van der Waals surface area contributed by atoms with Gasteiger partial charge in [0.1, 0.15) is 5.82 Å². The van der Waals surface area contributed by atoms with Crippen molar-refractivity contribution in [2.24, 2.45) is 13.0 Å². The second-order valence-corrected chi connectivity index (χ2v) is 6.11. The van der Waals surface area contributed by atoms with Crippen LogP contribution in [0.5, 0.6) is 0 Å². The Morgan fingerprint density at radius 3 is 2.57 bits per heavy atom. The van der Waals surface area contributed by atoms with Gasteiger partial charge >= 0.3 is 0 Å². The van der Waals surface area contributed by atoms with Crippen LogP contribution in [0.15, 0.2) is 6.07 Å². The molecule has 6 nitrogen and oxygen atoms in total. The van der Waals surface area contributed by atoms with E-state index in [1.807, 2.05) is 0 Å². The van der Waals surface area contributed by atoms with E-state index in [1.54, 1.807) is 17.8 Å². The molecular formula is C15H22N4O2. The minimum absolute atomic E-state index is 0.0480. The quantitative estimate of drug-likeness (QED) is 0.888. The molecular weight excluding hydrogens is 268 g/mol. The highest BCUT2D eigenvalue weighted by atomic mass is 16.2. The number of hydrogen-bond donors (Lipinski definition) is 2. The molecule has 3 rings (SSSR count). The van der Waals surface area contributed by atoms with Crippen molar-refractivity contribution in [2.45, 2.75) is 51.0 Å². The number of rotatable bonds is 4. The predicted molar refractivity (Wildman–Crippen MR) is 78.9 cm³/mol. The van der Waals surface area contributed by atoms with Crippen molar-refractivity contribution < 1.29 is 9.59 Å². The Hall–Kier alpha value is -1.85. The van der Waals surface area contributed by atoms with Crippen molar-refractivity contribution in [1.29, 1.82) is 0 Å². The molecule has 0 radical (unpaired) electrons. The zero-order valence-electron chi connectivity index (χ0n) is 12.4. The van der Waals surface area contributed by atoms with Gasteiger partial charge in [-0.1, -0.05) is 19.3 Å². The Bertz CT molecular complexity index is 542. The molecule has 0 aromatic carbocycles. The number of hydrogen-bond acceptors (Lipinski definition) is 3. The molecule has 0 saturated heterocycles. The molecule has 2 aliphatic carbocycles. The van der Waals surface area contributed by atoms with Gasteiger partial charge in [0, 0.05) is 25.1 Å². The fourth-order valence-electron chi connectivity index (χ4n) is 2.78. The lowest BCUT2D eigenvalue weighted by Crippen LogP contribution is -2.25. The summed E-state index contributed by atoms with van der Waals surface area (Å²) in [6, 6.07) is 1.96. The molecule has 0 aliphatic heterocycles. The van der Waals surface area contributed by atoms with Crippen molar-refractivity contribution in [3.8, 4) is 0 Å². The average Bonchev–Trinajstić information content (AvgIpc) is 3.23. The third-order valence-electron chi connectivity index (χ3n) is 4.25. The molecule has 2 aliphatic rings. The summed E-state index contributed by atoms with van der Waals surface area (Å²) in [5.41, 5.74) is 0.364. The van der Waals surface area contributed by atoms with Crippen LogP contribution in [-0.2, 0) is 11.8 Å². The highest BCUT2D eigenvalue weighted by Crippen LogP contribution is 2.25. The van der Waals surface area contributed by atoms with E-state index in [0.717, 1.165) is 38.5 Å². The molecule has 114 valence electrons. The molecule has 2 saturated carbocycles. The monoisotopic (exact) mass is 290 g/mol. The molecule has 1 aromatic rings. The van der Waals surface area contributed by atoms with Gasteiger partial charge in [-0.05, 0) is 25.7 Å². The van der Waals surface area contributed by atoms with Crippen molar-refractivity contribution in [1.82, 2.24) is 15.1 Å². The number of nitrogens with one attached hydrogen (secondary N) is 2. The Balaban J connectivity index is 1.63. The molecule has 21 heavy (non-hydrogen) atoms. The second-order valence-electron chi connectivity index (χ2n) is 6.11. The van der Waals surface area contributed by atoms with Gasteiger partial charge in [0.2, 0.25) is 5.91 Å². The third kappa shape index (κ3) is 3.43. The molecule has 2 N–H and O–H groups in total. The van der Waals surface area contributed by atoms with Crippen LogP contribution in [0.4, 0.5) is 5.82 Å². The first-order valence-corrected chi connectivity index (χ1v) is 7.79. The number of nitrogens with zero attached hydrogens (tertiary/aromatic N) is 2. The van der Waals surface area contributed by atoms with E-state index in [2.05, 4.69) is 15.7 Å². The number of aryl methyl sites for hydroxylation is 1. The first-order valence-electron chi connectivity index (χ1n) is 7.79. The Morgan fingerprint density at radius 1 is 1.19 bits per heavy atom. The first kappa shape index (κ1) is 14.1. The Morgan fingerprint density at radius 2 is 1.90 bits per heavy atom. The van der Waals surface area contributed by atoms with Crippen LogP contribution in [-0.4, -0.2) is 27.6 Å². The highest BCUT2D eigenvalue weighted by Gasteiger charge is 2.26. The van der Waals surface area contributed by atoms with Gasteiger partial charge < -0.3 is 10.6 Å². The molecule has 0 bridgehead atoms. The van der Waals surface area contributed by atoms with E-state index >= 15 is 0 Å². The standard InChI is InChI=1S/C15H22N4O2/c1-19-13(17-14(20)10-5-3-2-4-6-10)9-12(18-19)15(21)16-11-7-8-11/h9-11H,2-8H2,1H3,(H,16,21)(H,17,20). The molecule has 2 fully saturated rings. The summed E-state index contributed by atoms with van der Waals surface area (Å²) in [5.74, 6) is 0.571. The summed E-state index contributed by atoms with van der Waals surface area (Å²) >= 11 is 0. The molecule has 0 atom stereocenters. The number of anilines is 1. The summed E-state index contributed by atoms with van der Waals surface area (Å²) in [6.07, 6.45) is 7.48. The molecule has 0 spiro atoms. The summed E-state index contributed by atoms with van der Waals surface area (Å²) in [7, 11) is 1.74. The van der Waals surface area contributed by atoms with E-state index in [9.17, 15) is 9.59 Å². The first-order chi connectivity index (χ1) is 10.1. The third-order valence-corrected chi connectivity index (χ3v) is 4.25. The molecule has 0 unspecified atom stereocenters. The van der Waals surface area contributed by atoms with Crippen LogP contribution >= 0.6 is 0 Å². The normalized spacial score (nSPS) is 19.3. The van der Waals surface area contributed by atoms with Gasteiger partial charge in [0.15, 0.2) is 5.69 Å². The van der Waals surface area contributed by atoms with Gasteiger partial charge in [0.25, 0.3) is 5.91 Å². The maximum atomic E-state index is 12.2. The van der Waals surface area contributed by atoms with E-state index in [0.29, 0.717) is 17.6 Å². The summed E-state index contributed by atoms with van der Waals surface area (Å²) in [6.45, 7) is 0. The van der Waals surface area contributed by atoms with Gasteiger partial charge in [-0.3, -0.25) is 14.3 Å². The lowest BCUT2D eigenvalue weighted by molar-refractivity contribution is -0.120. The van der Waals surface area contributed by atoms with Crippen molar-refractivity contribution in [3.05, 3.63) is 11.8 Å². The van der Waals surface area contributed by atoms with Crippen molar-refractivity contribution >= 4 is 17.6 Å². The summed E-state index contributed by atoms with van der Waals surface area (Å²) < 4.78 is 1.56. The van der Waals surface area contributed by atoms with Gasteiger partial charge in [-0.2, -0.15) is 5.10 Å².